The van der Waals surface area contributed by atoms with E-state index in [1.165, 1.54) is 24.3 Å². The lowest BCUT2D eigenvalue weighted by molar-refractivity contribution is -0.116. The first-order valence-corrected chi connectivity index (χ1v) is 12.1. The molecule has 0 aliphatic heterocycles. The minimum atomic E-state index is -4.08. The fraction of sp³-hybridized carbons (Fsp3) is 0.240. The second-order valence-electron chi connectivity index (χ2n) is 7.85. The molecule has 0 fully saturated rings. The molecular formula is C25H26N2O6S. The highest BCUT2D eigenvalue weighted by Crippen LogP contribution is 2.22. The van der Waals surface area contributed by atoms with Crippen molar-refractivity contribution in [1.82, 2.24) is 4.57 Å². The largest absolute Gasteiger partial charge is 0.462 e. The number of sulfone groups is 1. The van der Waals surface area contributed by atoms with Gasteiger partial charge in [0.05, 0.1) is 17.1 Å². The van der Waals surface area contributed by atoms with E-state index in [9.17, 15) is 22.8 Å². The van der Waals surface area contributed by atoms with Crippen LogP contribution in [0.25, 0.3) is 0 Å². The second kappa shape index (κ2) is 10.0. The number of amides is 1. The van der Waals surface area contributed by atoms with Crippen molar-refractivity contribution < 1.29 is 22.7 Å². The molecule has 0 saturated heterocycles. The molecule has 0 unspecified atom stereocenters. The van der Waals surface area contributed by atoms with Gasteiger partial charge >= 0.3 is 5.97 Å². The highest BCUT2D eigenvalue weighted by molar-refractivity contribution is 7.91. The summed E-state index contributed by atoms with van der Waals surface area (Å²) in [5, 5.41) is 2.65. The van der Waals surface area contributed by atoms with Crippen molar-refractivity contribution in [2.45, 2.75) is 44.0 Å². The maximum absolute atomic E-state index is 13.2. The third-order valence-electron chi connectivity index (χ3n) is 5.23. The molecule has 1 N–H and O–H groups in total. The zero-order valence-electron chi connectivity index (χ0n) is 19.4. The Labute approximate surface area is 198 Å². The number of aryl methyl sites for hydroxylation is 3. The third-order valence-corrected chi connectivity index (χ3v) is 7.16. The molecule has 1 heterocycles. The van der Waals surface area contributed by atoms with E-state index in [-0.39, 0.29) is 22.9 Å². The molecule has 1 amide bonds. The first kappa shape index (κ1) is 24.9. The Bertz CT molecular complexity index is 1390. The quantitative estimate of drug-likeness (QED) is 0.517. The van der Waals surface area contributed by atoms with Crippen LogP contribution in [-0.4, -0.2) is 31.5 Å². The zero-order valence-corrected chi connectivity index (χ0v) is 20.2. The Morgan fingerprint density at radius 2 is 1.59 bits per heavy atom. The zero-order chi connectivity index (χ0) is 25.0. The molecule has 34 heavy (non-hydrogen) atoms. The molecule has 0 bridgehead atoms. The van der Waals surface area contributed by atoms with Gasteiger partial charge in [-0.25, -0.2) is 13.2 Å². The van der Waals surface area contributed by atoms with Crippen LogP contribution in [0.15, 0.2) is 69.2 Å². The number of carbonyl (C=O) groups excluding carboxylic acids is 2. The maximum Gasteiger partial charge on any atom is 0.338 e. The van der Waals surface area contributed by atoms with E-state index >= 15 is 0 Å². The van der Waals surface area contributed by atoms with Crippen molar-refractivity contribution in [1.29, 1.82) is 0 Å². The molecule has 0 saturated carbocycles. The summed E-state index contributed by atoms with van der Waals surface area (Å²) < 4.78 is 32.5. The highest BCUT2D eigenvalue weighted by Gasteiger charge is 2.26. The number of nitrogens with zero attached hydrogens (tertiary/aromatic N) is 1. The lowest BCUT2D eigenvalue weighted by Gasteiger charge is -2.15. The van der Waals surface area contributed by atoms with Crippen LogP contribution in [-0.2, 0) is 25.9 Å². The van der Waals surface area contributed by atoms with E-state index in [4.69, 9.17) is 4.74 Å². The lowest BCUT2D eigenvalue weighted by atomic mass is 10.2. The van der Waals surface area contributed by atoms with E-state index < -0.39 is 27.3 Å². The Balaban J connectivity index is 1.88. The highest BCUT2D eigenvalue weighted by atomic mass is 32.2. The van der Waals surface area contributed by atoms with Gasteiger partial charge in [-0.2, -0.15) is 0 Å². The predicted molar refractivity (Wildman–Crippen MR) is 128 cm³/mol. The monoisotopic (exact) mass is 482 g/mol. The summed E-state index contributed by atoms with van der Waals surface area (Å²) in [4.78, 5) is 37.3. The van der Waals surface area contributed by atoms with Crippen molar-refractivity contribution in [3.8, 4) is 0 Å². The second-order valence-corrected chi connectivity index (χ2v) is 9.74. The summed E-state index contributed by atoms with van der Waals surface area (Å²) in [6.45, 7) is 6.62. The van der Waals surface area contributed by atoms with E-state index in [0.29, 0.717) is 22.5 Å². The average Bonchev–Trinajstić information content (AvgIpc) is 2.77. The summed E-state index contributed by atoms with van der Waals surface area (Å²) in [6, 6.07) is 13.9. The summed E-state index contributed by atoms with van der Waals surface area (Å²) in [7, 11) is -4.08. The first-order valence-electron chi connectivity index (χ1n) is 10.6. The number of aromatic nitrogens is 1. The molecule has 9 heteroatoms. The predicted octanol–water partition coefficient (Wildman–Crippen LogP) is 3.42. The van der Waals surface area contributed by atoms with E-state index in [1.807, 2.05) is 6.92 Å². The van der Waals surface area contributed by atoms with Crippen LogP contribution in [0.1, 0.15) is 34.1 Å². The molecule has 3 rings (SSSR count). The SMILES string of the molecule is CCOC(=O)c1ccc(NC(=O)Cn2c(C)cc(C)c(S(=O)(=O)c3ccc(C)cc3)c2=O)cc1. The molecule has 1 aromatic heterocycles. The van der Waals surface area contributed by atoms with E-state index in [2.05, 4.69) is 5.32 Å². The summed E-state index contributed by atoms with van der Waals surface area (Å²) in [5.74, 6) is -0.985. The number of carbonyl (C=O) groups is 2. The topological polar surface area (TPSA) is 112 Å². The van der Waals surface area contributed by atoms with Crippen molar-refractivity contribution in [3.63, 3.8) is 0 Å². The number of esters is 1. The number of nitrogens with one attached hydrogen (secondary N) is 1. The number of hydrogen-bond donors (Lipinski definition) is 1. The molecule has 0 aliphatic carbocycles. The number of hydrogen-bond acceptors (Lipinski definition) is 6. The van der Waals surface area contributed by atoms with Crippen LogP contribution in [0.3, 0.4) is 0 Å². The Morgan fingerprint density at radius 3 is 2.18 bits per heavy atom. The summed E-state index contributed by atoms with van der Waals surface area (Å²) >= 11 is 0. The molecule has 0 aliphatic rings. The Kier molecular flexibility index (Phi) is 7.36. The molecule has 0 radical (unpaired) electrons. The number of anilines is 1. The summed E-state index contributed by atoms with van der Waals surface area (Å²) in [5.41, 5.74) is 1.67. The average molecular weight is 483 g/mol. The van der Waals surface area contributed by atoms with Gasteiger partial charge in [0.15, 0.2) is 0 Å². The third kappa shape index (κ3) is 5.26. The van der Waals surface area contributed by atoms with Gasteiger partial charge in [0.1, 0.15) is 11.4 Å². The van der Waals surface area contributed by atoms with E-state index in [1.54, 1.807) is 51.1 Å². The van der Waals surface area contributed by atoms with Crippen LogP contribution in [0.4, 0.5) is 5.69 Å². The van der Waals surface area contributed by atoms with Crippen LogP contribution in [0.5, 0.6) is 0 Å². The van der Waals surface area contributed by atoms with Crippen molar-refractivity contribution >= 4 is 27.4 Å². The van der Waals surface area contributed by atoms with Crippen LogP contribution >= 0.6 is 0 Å². The van der Waals surface area contributed by atoms with Crippen LogP contribution < -0.4 is 10.9 Å². The normalized spacial score (nSPS) is 11.2. The lowest BCUT2D eigenvalue weighted by Crippen LogP contribution is -2.33. The van der Waals surface area contributed by atoms with Gasteiger partial charge in [-0.3, -0.25) is 9.59 Å². The molecule has 3 aromatic rings. The molecule has 178 valence electrons. The fourth-order valence-corrected chi connectivity index (χ4v) is 5.07. The number of ether oxygens (including phenoxy) is 1. The fourth-order valence-electron chi connectivity index (χ4n) is 3.52. The smallest absolute Gasteiger partial charge is 0.338 e. The molecule has 2 aromatic carbocycles. The minimum absolute atomic E-state index is 0.0137. The van der Waals surface area contributed by atoms with Gasteiger partial charge in [0.25, 0.3) is 5.56 Å². The van der Waals surface area contributed by atoms with Gasteiger partial charge < -0.3 is 14.6 Å². The maximum atomic E-state index is 13.2. The van der Waals surface area contributed by atoms with Gasteiger partial charge in [-0.15, -0.1) is 0 Å². The minimum Gasteiger partial charge on any atom is -0.462 e. The number of rotatable bonds is 7. The van der Waals surface area contributed by atoms with E-state index in [0.717, 1.165) is 10.1 Å². The molecule has 0 spiro atoms. The summed E-state index contributed by atoms with van der Waals surface area (Å²) in [6.07, 6.45) is 0. The van der Waals surface area contributed by atoms with Crippen LogP contribution in [0, 0.1) is 20.8 Å². The van der Waals surface area contributed by atoms with Crippen molar-refractivity contribution in [2.75, 3.05) is 11.9 Å². The Hall–Kier alpha value is -3.72. The Morgan fingerprint density at radius 1 is 0.971 bits per heavy atom. The van der Waals surface area contributed by atoms with Gasteiger partial charge in [0.2, 0.25) is 15.7 Å². The number of pyridine rings is 1. The molecule has 8 nitrogen and oxygen atoms in total. The van der Waals surface area contributed by atoms with Crippen LogP contribution in [0.2, 0.25) is 0 Å². The van der Waals surface area contributed by atoms with Gasteiger partial charge in [-0.05, 0) is 75.7 Å². The number of benzene rings is 2. The first-order chi connectivity index (χ1) is 16.0. The molecule has 0 atom stereocenters. The van der Waals surface area contributed by atoms with Crippen molar-refractivity contribution in [2.24, 2.45) is 0 Å². The van der Waals surface area contributed by atoms with Gasteiger partial charge in [-0.1, -0.05) is 17.7 Å². The van der Waals surface area contributed by atoms with Crippen molar-refractivity contribution in [3.05, 3.63) is 87.3 Å². The molecular weight excluding hydrogens is 456 g/mol. The standard InChI is InChI=1S/C25H26N2O6S/c1-5-33-25(30)19-8-10-20(11-9-19)26-22(28)15-27-18(4)14-17(3)23(24(27)29)34(31,32)21-12-6-16(2)7-13-21/h6-14H,5,15H2,1-4H3,(H,26,28). The van der Waals surface area contributed by atoms with Gasteiger partial charge in [0, 0.05) is 11.4 Å².